The van der Waals surface area contributed by atoms with Crippen LogP contribution in [0.1, 0.15) is 10.4 Å². The van der Waals surface area contributed by atoms with Gasteiger partial charge in [-0.3, -0.25) is 0 Å². The lowest BCUT2D eigenvalue weighted by molar-refractivity contribution is 0.0697. The van der Waals surface area contributed by atoms with Crippen molar-refractivity contribution in [2.24, 2.45) is 0 Å². The summed E-state index contributed by atoms with van der Waals surface area (Å²) in [6, 6.07) is 6.55. The highest BCUT2D eigenvalue weighted by atomic mass is 32.1. The average molecular weight is 234 g/mol. The SMILES string of the molecule is Nc1cc(C(=O)O)ccc1Nc1ccsc1. The van der Waals surface area contributed by atoms with E-state index in [2.05, 4.69) is 5.32 Å². The Hall–Kier alpha value is -2.01. The van der Waals surface area contributed by atoms with Crippen molar-refractivity contribution in [3.63, 3.8) is 0 Å². The molecule has 0 radical (unpaired) electrons. The number of thiophene rings is 1. The number of nitrogens with one attached hydrogen (secondary N) is 1. The minimum Gasteiger partial charge on any atom is -0.478 e. The Morgan fingerprint density at radius 2 is 2.19 bits per heavy atom. The standard InChI is InChI=1S/C11H10N2O2S/c12-9-5-7(11(14)15)1-2-10(9)13-8-3-4-16-6-8/h1-6,13H,12H2,(H,14,15). The summed E-state index contributed by atoms with van der Waals surface area (Å²) in [5.41, 5.74) is 8.02. The van der Waals surface area contributed by atoms with Crippen LogP contribution in [0.15, 0.2) is 35.0 Å². The number of benzene rings is 1. The van der Waals surface area contributed by atoms with Crippen molar-refractivity contribution in [3.8, 4) is 0 Å². The maximum Gasteiger partial charge on any atom is 0.335 e. The van der Waals surface area contributed by atoms with Crippen molar-refractivity contribution in [2.75, 3.05) is 11.1 Å². The zero-order valence-corrected chi connectivity index (χ0v) is 9.12. The molecule has 1 heterocycles. The Balaban J connectivity index is 2.26. The van der Waals surface area contributed by atoms with Gasteiger partial charge in [0.05, 0.1) is 16.9 Å². The van der Waals surface area contributed by atoms with Crippen LogP contribution in [0.2, 0.25) is 0 Å². The lowest BCUT2D eigenvalue weighted by Crippen LogP contribution is -2.00. The molecule has 16 heavy (non-hydrogen) atoms. The van der Waals surface area contributed by atoms with Gasteiger partial charge in [-0.2, -0.15) is 11.3 Å². The topological polar surface area (TPSA) is 75.4 Å². The van der Waals surface area contributed by atoms with Gasteiger partial charge in [-0.15, -0.1) is 0 Å². The van der Waals surface area contributed by atoms with Gasteiger partial charge in [-0.1, -0.05) is 0 Å². The lowest BCUT2D eigenvalue weighted by Gasteiger charge is -2.08. The molecule has 2 aromatic rings. The predicted octanol–water partition coefficient (Wildman–Crippen LogP) is 2.77. The summed E-state index contributed by atoms with van der Waals surface area (Å²) in [4.78, 5) is 10.7. The van der Waals surface area contributed by atoms with Crippen molar-refractivity contribution in [1.82, 2.24) is 0 Å². The summed E-state index contributed by atoms with van der Waals surface area (Å²) in [5.74, 6) is -0.978. The predicted molar refractivity (Wildman–Crippen MR) is 65.4 cm³/mol. The maximum absolute atomic E-state index is 10.7. The van der Waals surface area contributed by atoms with E-state index in [1.807, 2.05) is 16.8 Å². The van der Waals surface area contributed by atoms with E-state index in [0.717, 1.165) is 5.69 Å². The third-order valence-corrected chi connectivity index (χ3v) is 2.78. The van der Waals surface area contributed by atoms with Crippen molar-refractivity contribution in [3.05, 3.63) is 40.6 Å². The Labute approximate surface area is 96.3 Å². The molecule has 82 valence electrons. The van der Waals surface area contributed by atoms with Crippen molar-refractivity contribution >= 4 is 34.4 Å². The molecule has 0 fully saturated rings. The van der Waals surface area contributed by atoms with Crippen LogP contribution in [-0.2, 0) is 0 Å². The fourth-order valence-electron chi connectivity index (χ4n) is 1.30. The minimum absolute atomic E-state index is 0.188. The number of hydrogen-bond donors (Lipinski definition) is 3. The molecule has 0 spiro atoms. The van der Waals surface area contributed by atoms with Gasteiger partial charge in [0.1, 0.15) is 0 Å². The molecular formula is C11H10N2O2S. The molecule has 0 amide bonds. The maximum atomic E-state index is 10.7. The van der Waals surface area contributed by atoms with Crippen LogP contribution in [0, 0.1) is 0 Å². The summed E-state index contributed by atoms with van der Waals surface area (Å²) < 4.78 is 0. The number of hydrogen-bond acceptors (Lipinski definition) is 4. The number of anilines is 3. The average Bonchev–Trinajstić information content (AvgIpc) is 2.73. The van der Waals surface area contributed by atoms with Gasteiger partial charge in [0.15, 0.2) is 0 Å². The number of carboxylic acid groups (broad SMARTS) is 1. The molecular weight excluding hydrogens is 224 g/mol. The molecule has 0 saturated heterocycles. The third kappa shape index (κ3) is 2.14. The van der Waals surface area contributed by atoms with E-state index >= 15 is 0 Å². The van der Waals surface area contributed by atoms with Crippen LogP contribution in [0.4, 0.5) is 17.1 Å². The normalized spacial score (nSPS) is 10.0. The smallest absolute Gasteiger partial charge is 0.335 e. The molecule has 0 bridgehead atoms. The molecule has 5 heteroatoms. The van der Waals surface area contributed by atoms with Crippen molar-refractivity contribution < 1.29 is 9.90 Å². The molecule has 1 aromatic carbocycles. The number of aromatic carboxylic acids is 1. The fourth-order valence-corrected chi connectivity index (χ4v) is 1.89. The Morgan fingerprint density at radius 3 is 2.75 bits per heavy atom. The number of nitrogen functional groups attached to an aromatic ring is 1. The van der Waals surface area contributed by atoms with E-state index in [1.165, 1.54) is 12.1 Å². The first-order chi connectivity index (χ1) is 7.66. The third-order valence-electron chi connectivity index (χ3n) is 2.10. The van der Waals surface area contributed by atoms with E-state index in [0.29, 0.717) is 11.4 Å². The Bertz CT molecular complexity index is 509. The van der Waals surface area contributed by atoms with Gasteiger partial charge >= 0.3 is 5.97 Å². The zero-order valence-electron chi connectivity index (χ0n) is 8.31. The van der Waals surface area contributed by atoms with E-state index in [1.54, 1.807) is 17.4 Å². The quantitative estimate of drug-likeness (QED) is 0.714. The molecule has 2 rings (SSSR count). The fraction of sp³-hybridized carbons (Fsp3) is 0. The molecule has 1 aromatic heterocycles. The van der Waals surface area contributed by atoms with Gasteiger partial charge < -0.3 is 16.2 Å². The van der Waals surface area contributed by atoms with Gasteiger partial charge in [0.2, 0.25) is 0 Å². The molecule has 0 unspecified atom stereocenters. The highest BCUT2D eigenvalue weighted by Gasteiger charge is 2.06. The number of nitrogens with two attached hydrogens (primary N) is 1. The highest BCUT2D eigenvalue weighted by molar-refractivity contribution is 7.08. The molecule has 0 aliphatic carbocycles. The first-order valence-electron chi connectivity index (χ1n) is 4.59. The first-order valence-corrected chi connectivity index (χ1v) is 5.53. The summed E-state index contributed by atoms with van der Waals surface area (Å²) in [5, 5.41) is 15.8. The van der Waals surface area contributed by atoms with Gasteiger partial charge in [0, 0.05) is 11.1 Å². The lowest BCUT2D eigenvalue weighted by atomic mass is 10.1. The second-order valence-corrected chi connectivity index (χ2v) is 4.02. The highest BCUT2D eigenvalue weighted by Crippen LogP contribution is 2.25. The molecule has 0 saturated carbocycles. The molecule has 0 aliphatic rings. The monoisotopic (exact) mass is 234 g/mol. The molecule has 4 N–H and O–H groups in total. The van der Waals surface area contributed by atoms with Crippen molar-refractivity contribution in [2.45, 2.75) is 0 Å². The summed E-state index contributed by atoms with van der Waals surface area (Å²) >= 11 is 1.58. The van der Waals surface area contributed by atoms with Crippen LogP contribution in [0.3, 0.4) is 0 Å². The van der Waals surface area contributed by atoms with Crippen LogP contribution >= 0.6 is 11.3 Å². The van der Waals surface area contributed by atoms with Crippen LogP contribution < -0.4 is 11.1 Å². The first kappa shape index (κ1) is 10.5. The van der Waals surface area contributed by atoms with Crippen LogP contribution in [0.5, 0.6) is 0 Å². The van der Waals surface area contributed by atoms with E-state index in [-0.39, 0.29) is 5.56 Å². The summed E-state index contributed by atoms with van der Waals surface area (Å²) in [6.07, 6.45) is 0. The van der Waals surface area contributed by atoms with E-state index in [4.69, 9.17) is 10.8 Å². The molecule has 0 aliphatic heterocycles. The van der Waals surface area contributed by atoms with Crippen LogP contribution in [0.25, 0.3) is 0 Å². The number of carboxylic acids is 1. The molecule has 4 nitrogen and oxygen atoms in total. The Kier molecular flexibility index (Phi) is 2.78. The summed E-state index contributed by atoms with van der Waals surface area (Å²) in [6.45, 7) is 0. The Morgan fingerprint density at radius 1 is 1.38 bits per heavy atom. The van der Waals surface area contributed by atoms with Crippen molar-refractivity contribution in [1.29, 1.82) is 0 Å². The van der Waals surface area contributed by atoms with Gasteiger partial charge in [-0.25, -0.2) is 4.79 Å². The van der Waals surface area contributed by atoms with E-state index < -0.39 is 5.97 Å². The van der Waals surface area contributed by atoms with Crippen LogP contribution in [-0.4, -0.2) is 11.1 Å². The largest absolute Gasteiger partial charge is 0.478 e. The van der Waals surface area contributed by atoms with Gasteiger partial charge in [-0.05, 0) is 29.6 Å². The summed E-state index contributed by atoms with van der Waals surface area (Å²) in [7, 11) is 0. The number of carbonyl (C=O) groups is 1. The van der Waals surface area contributed by atoms with E-state index in [9.17, 15) is 4.79 Å². The molecule has 0 atom stereocenters. The second kappa shape index (κ2) is 4.24. The zero-order chi connectivity index (χ0) is 11.5. The minimum atomic E-state index is -0.978. The second-order valence-electron chi connectivity index (χ2n) is 3.24. The number of rotatable bonds is 3. The van der Waals surface area contributed by atoms with Gasteiger partial charge in [0.25, 0.3) is 0 Å².